The molecule has 0 saturated carbocycles. The van der Waals surface area contributed by atoms with Gasteiger partial charge in [-0.05, 0) is 67.2 Å². The third-order valence-corrected chi connectivity index (χ3v) is 3.69. The van der Waals surface area contributed by atoms with Gasteiger partial charge in [-0.25, -0.2) is 0 Å². The van der Waals surface area contributed by atoms with Crippen molar-refractivity contribution < 1.29 is 9.53 Å². The molecule has 0 atom stereocenters. The largest absolute Gasteiger partial charge is 0.494 e. The lowest BCUT2D eigenvalue weighted by atomic mass is 10.3. The number of hydrogen-bond acceptors (Lipinski definition) is 3. The van der Waals surface area contributed by atoms with Gasteiger partial charge in [0.2, 0.25) is 5.91 Å². The number of carbonyl (C=O) groups is 1. The Morgan fingerprint density at radius 2 is 1.58 bits per heavy atom. The SMILES string of the molecule is O=C(CCCOc1ccc(Cl)cc1)NC(=S)Nc1ccc(Cl)cc1. The lowest BCUT2D eigenvalue weighted by Gasteiger charge is -2.10. The second-order valence-corrected chi connectivity index (χ2v) is 6.20. The Kier molecular flexibility index (Phi) is 7.31. The van der Waals surface area contributed by atoms with E-state index in [9.17, 15) is 4.79 Å². The van der Waals surface area contributed by atoms with Crippen LogP contribution in [0.4, 0.5) is 5.69 Å². The second kappa shape index (κ2) is 9.47. The van der Waals surface area contributed by atoms with Crippen LogP contribution >= 0.6 is 35.4 Å². The molecule has 2 rings (SSSR count). The van der Waals surface area contributed by atoms with Gasteiger partial charge < -0.3 is 15.4 Å². The number of anilines is 1. The van der Waals surface area contributed by atoms with E-state index in [2.05, 4.69) is 10.6 Å². The Bertz CT molecular complexity index is 691. The maximum absolute atomic E-state index is 11.8. The first-order valence-electron chi connectivity index (χ1n) is 7.28. The number of benzene rings is 2. The average molecular weight is 383 g/mol. The van der Waals surface area contributed by atoms with Crippen molar-refractivity contribution in [1.82, 2.24) is 5.32 Å². The van der Waals surface area contributed by atoms with Gasteiger partial charge in [-0.15, -0.1) is 0 Å². The molecule has 0 spiro atoms. The minimum Gasteiger partial charge on any atom is -0.494 e. The van der Waals surface area contributed by atoms with Crippen LogP contribution in [0.25, 0.3) is 0 Å². The number of rotatable bonds is 6. The molecule has 0 bridgehead atoms. The van der Waals surface area contributed by atoms with Crippen molar-refractivity contribution in [2.45, 2.75) is 12.8 Å². The molecule has 0 saturated heterocycles. The van der Waals surface area contributed by atoms with Gasteiger partial charge in [0, 0.05) is 22.2 Å². The van der Waals surface area contributed by atoms with Crippen LogP contribution in [0.15, 0.2) is 48.5 Å². The van der Waals surface area contributed by atoms with E-state index in [0.29, 0.717) is 29.5 Å². The van der Waals surface area contributed by atoms with E-state index >= 15 is 0 Å². The number of halogens is 2. The molecule has 1 amide bonds. The highest BCUT2D eigenvalue weighted by molar-refractivity contribution is 7.80. The Morgan fingerprint density at radius 3 is 2.21 bits per heavy atom. The summed E-state index contributed by atoms with van der Waals surface area (Å²) in [4.78, 5) is 11.8. The topological polar surface area (TPSA) is 50.4 Å². The van der Waals surface area contributed by atoms with Crippen LogP contribution in [0.5, 0.6) is 5.75 Å². The Balaban J connectivity index is 1.64. The van der Waals surface area contributed by atoms with E-state index in [-0.39, 0.29) is 11.0 Å². The molecule has 126 valence electrons. The molecule has 2 N–H and O–H groups in total. The number of amides is 1. The summed E-state index contributed by atoms with van der Waals surface area (Å²) in [5.74, 6) is 0.556. The molecule has 24 heavy (non-hydrogen) atoms. The summed E-state index contributed by atoms with van der Waals surface area (Å²) >= 11 is 16.7. The fraction of sp³-hybridized carbons (Fsp3) is 0.176. The molecule has 7 heteroatoms. The molecule has 0 aliphatic rings. The third-order valence-electron chi connectivity index (χ3n) is 2.99. The van der Waals surface area contributed by atoms with Crippen molar-refractivity contribution in [3.63, 3.8) is 0 Å². The molecular weight excluding hydrogens is 367 g/mol. The monoisotopic (exact) mass is 382 g/mol. The van der Waals surface area contributed by atoms with Crippen LogP contribution in [0.1, 0.15) is 12.8 Å². The van der Waals surface area contributed by atoms with Crippen molar-refractivity contribution in [3.05, 3.63) is 58.6 Å². The van der Waals surface area contributed by atoms with Gasteiger partial charge in [0.15, 0.2) is 5.11 Å². The Hall–Kier alpha value is -1.82. The van der Waals surface area contributed by atoms with Crippen LogP contribution in [0.3, 0.4) is 0 Å². The first-order valence-corrected chi connectivity index (χ1v) is 8.44. The zero-order chi connectivity index (χ0) is 17.4. The van der Waals surface area contributed by atoms with Gasteiger partial charge in [-0.3, -0.25) is 4.79 Å². The Morgan fingerprint density at radius 1 is 1.00 bits per heavy atom. The minimum atomic E-state index is -0.166. The van der Waals surface area contributed by atoms with E-state index in [1.807, 2.05) is 0 Å². The molecule has 4 nitrogen and oxygen atoms in total. The first-order chi connectivity index (χ1) is 11.5. The molecule has 0 aliphatic heterocycles. The van der Waals surface area contributed by atoms with E-state index < -0.39 is 0 Å². The predicted octanol–water partition coefficient (Wildman–Crippen LogP) is 4.67. The van der Waals surface area contributed by atoms with Gasteiger partial charge in [-0.1, -0.05) is 23.2 Å². The first kappa shape index (κ1) is 18.5. The van der Waals surface area contributed by atoms with Crippen LogP contribution in [-0.4, -0.2) is 17.6 Å². The predicted molar refractivity (Wildman–Crippen MR) is 102 cm³/mol. The number of carbonyl (C=O) groups excluding carboxylic acids is 1. The summed E-state index contributed by atoms with van der Waals surface area (Å²) in [5, 5.41) is 7.09. The minimum absolute atomic E-state index is 0.166. The smallest absolute Gasteiger partial charge is 0.226 e. The zero-order valence-corrected chi connectivity index (χ0v) is 15.0. The van der Waals surface area contributed by atoms with Crippen LogP contribution < -0.4 is 15.4 Å². The summed E-state index contributed by atoms with van der Waals surface area (Å²) in [5.41, 5.74) is 0.760. The van der Waals surface area contributed by atoms with Crippen LogP contribution in [-0.2, 0) is 4.79 Å². The summed E-state index contributed by atoms with van der Waals surface area (Å²) in [6.07, 6.45) is 0.897. The van der Waals surface area contributed by atoms with Crippen LogP contribution in [0.2, 0.25) is 10.0 Å². The normalized spacial score (nSPS) is 10.1. The maximum Gasteiger partial charge on any atom is 0.226 e. The third kappa shape index (κ3) is 6.74. The zero-order valence-electron chi connectivity index (χ0n) is 12.7. The summed E-state index contributed by atoms with van der Waals surface area (Å²) in [7, 11) is 0. The molecule has 0 unspecified atom stereocenters. The standard InChI is InChI=1S/C17H16Cl2N2O2S/c18-12-3-7-14(8-4-12)20-17(24)21-16(22)2-1-11-23-15-9-5-13(19)6-10-15/h3-10H,1-2,11H2,(H2,20,21,22,24). The molecule has 2 aromatic carbocycles. The van der Waals surface area contributed by atoms with E-state index in [4.69, 9.17) is 40.2 Å². The van der Waals surface area contributed by atoms with Gasteiger partial charge in [-0.2, -0.15) is 0 Å². The quantitative estimate of drug-likeness (QED) is 0.563. The molecule has 0 aromatic heterocycles. The van der Waals surface area contributed by atoms with Crippen molar-refractivity contribution in [2.75, 3.05) is 11.9 Å². The molecule has 0 aliphatic carbocycles. The fourth-order valence-electron chi connectivity index (χ4n) is 1.84. The number of nitrogens with one attached hydrogen (secondary N) is 2. The van der Waals surface area contributed by atoms with E-state index in [1.165, 1.54) is 0 Å². The Labute approximate surface area is 156 Å². The van der Waals surface area contributed by atoms with Crippen molar-refractivity contribution in [2.24, 2.45) is 0 Å². The average Bonchev–Trinajstić information content (AvgIpc) is 2.55. The highest BCUT2D eigenvalue weighted by Crippen LogP contribution is 2.16. The van der Waals surface area contributed by atoms with Crippen molar-refractivity contribution in [3.8, 4) is 5.75 Å². The summed E-state index contributed by atoms with van der Waals surface area (Å²) in [6.45, 7) is 0.437. The summed E-state index contributed by atoms with van der Waals surface area (Å²) in [6, 6.07) is 14.1. The fourth-order valence-corrected chi connectivity index (χ4v) is 2.32. The van der Waals surface area contributed by atoms with Gasteiger partial charge >= 0.3 is 0 Å². The molecule has 0 fully saturated rings. The molecule has 0 heterocycles. The summed E-state index contributed by atoms with van der Waals surface area (Å²) < 4.78 is 5.52. The molecular formula is C17H16Cl2N2O2S. The highest BCUT2D eigenvalue weighted by atomic mass is 35.5. The van der Waals surface area contributed by atoms with E-state index in [1.54, 1.807) is 48.5 Å². The van der Waals surface area contributed by atoms with Gasteiger partial charge in [0.1, 0.15) is 5.75 Å². The molecule has 0 radical (unpaired) electrons. The molecule has 2 aromatic rings. The number of hydrogen-bond donors (Lipinski definition) is 2. The van der Waals surface area contributed by atoms with Gasteiger partial charge in [0.25, 0.3) is 0 Å². The van der Waals surface area contributed by atoms with E-state index in [0.717, 1.165) is 11.4 Å². The van der Waals surface area contributed by atoms with Gasteiger partial charge in [0.05, 0.1) is 6.61 Å². The second-order valence-electron chi connectivity index (χ2n) is 4.92. The van der Waals surface area contributed by atoms with Crippen molar-refractivity contribution >= 4 is 52.1 Å². The van der Waals surface area contributed by atoms with Crippen LogP contribution in [0, 0.1) is 0 Å². The lowest BCUT2D eigenvalue weighted by Crippen LogP contribution is -2.34. The van der Waals surface area contributed by atoms with Crippen molar-refractivity contribution in [1.29, 1.82) is 0 Å². The highest BCUT2D eigenvalue weighted by Gasteiger charge is 2.05. The number of thiocarbonyl (C=S) groups is 1. The maximum atomic E-state index is 11.8. The lowest BCUT2D eigenvalue weighted by molar-refractivity contribution is -0.119. The number of ether oxygens (including phenoxy) is 1.